The molecule has 1 amide bonds. The molecule has 0 heterocycles. The van der Waals surface area contributed by atoms with E-state index in [1.165, 1.54) is 0 Å². The van der Waals surface area contributed by atoms with Gasteiger partial charge in [0.05, 0.1) is 6.54 Å². The summed E-state index contributed by atoms with van der Waals surface area (Å²) in [5.41, 5.74) is 1.23. The van der Waals surface area contributed by atoms with Crippen LogP contribution < -0.4 is 5.32 Å². The molecule has 0 fully saturated rings. The highest BCUT2D eigenvalue weighted by Gasteiger charge is 2.23. The first-order valence-corrected chi connectivity index (χ1v) is 7.09. The van der Waals surface area contributed by atoms with Gasteiger partial charge in [-0.2, -0.15) is 0 Å². The number of benzene rings is 2. The summed E-state index contributed by atoms with van der Waals surface area (Å²) in [6.07, 6.45) is 0. The first kappa shape index (κ1) is 15.5. The van der Waals surface area contributed by atoms with Crippen molar-refractivity contribution in [2.24, 2.45) is 0 Å². The number of carbonyl (C=O) groups is 1. The molecule has 1 atom stereocenters. The summed E-state index contributed by atoms with van der Waals surface area (Å²) in [7, 11) is 0. The molecule has 0 aliphatic heterocycles. The van der Waals surface area contributed by atoms with Gasteiger partial charge in [-0.3, -0.25) is 4.79 Å². The third kappa shape index (κ3) is 4.06. The lowest BCUT2D eigenvalue weighted by Crippen LogP contribution is -2.38. The highest BCUT2D eigenvalue weighted by molar-refractivity contribution is 6.30. The van der Waals surface area contributed by atoms with Crippen molar-refractivity contribution in [1.29, 1.82) is 0 Å². The maximum Gasteiger partial charge on any atom is 0.251 e. The number of amides is 1. The second-order valence-corrected chi connectivity index (χ2v) is 5.77. The first-order chi connectivity index (χ1) is 9.88. The number of halogens is 1. The van der Waals surface area contributed by atoms with Crippen LogP contribution >= 0.6 is 11.6 Å². The fourth-order valence-corrected chi connectivity index (χ4v) is 2.10. The summed E-state index contributed by atoms with van der Waals surface area (Å²) in [6, 6.07) is 14.2. The van der Waals surface area contributed by atoms with Crippen LogP contribution in [0.3, 0.4) is 0 Å². The Balaban J connectivity index is 2.02. The van der Waals surface area contributed by atoms with Gasteiger partial charge in [0.25, 0.3) is 5.91 Å². The first-order valence-electron chi connectivity index (χ1n) is 6.72. The van der Waals surface area contributed by atoms with E-state index in [0.717, 1.165) is 5.56 Å². The lowest BCUT2D eigenvalue weighted by atomic mass is 9.96. The van der Waals surface area contributed by atoms with Gasteiger partial charge in [0.1, 0.15) is 5.60 Å². The fraction of sp³-hybridized carbons (Fsp3) is 0.235. The molecule has 2 N–H and O–H groups in total. The summed E-state index contributed by atoms with van der Waals surface area (Å²) in [5.74, 6) is -0.204. The van der Waals surface area contributed by atoms with E-state index in [9.17, 15) is 9.90 Å². The molecule has 110 valence electrons. The predicted octanol–water partition coefficient (Wildman–Crippen LogP) is 3.29. The topological polar surface area (TPSA) is 49.3 Å². The second-order valence-electron chi connectivity index (χ2n) is 5.33. The number of nitrogens with one attached hydrogen (secondary N) is 1. The van der Waals surface area contributed by atoms with Crippen molar-refractivity contribution in [2.75, 3.05) is 6.54 Å². The summed E-state index contributed by atoms with van der Waals surface area (Å²) < 4.78 is 0. The highest BCUT2D eigenvalue weighted by atomic mass is 35.5. The highest BCUT2D eigenvalue weighted by Crippen LogP contribution is 2.21. The SMILES string of the molecule is Cc1ccc(C(=O)NCC(C)(O)c2ccc(Cl)cc2)cc1. The summed E-state index contributed by atoms with van der Waals surface area (Å²) in [5, 5.41) is 13.8. The van der Waals surface area contributed by atoms with Crippen LogP contribution in [-0.2, 0) is 5.60 Å². The van der Waals surface area contributed by atoms with E-state index in [1.807, 2.05) is 19.1 Å². The normalized spacial score (nSPS) is 13.5. The van der Waals surface area contributed by atoms with E-state index in [2.05, 4.69) is 5.32 Å². The smallest absolute Gasteiger partial charge is 0.251 e. The Morgan fingerprint density at radius 1 is 1.14 bits per heavy atom. The Labute approximate surface area is 129 Å². The monoisotopic (exact) mass is 303 g/mol. The molecular formula is C17H18ClNO2. The number of hydrogen-bond donors (Lipinski definition) is 2. The van der Waals surface area contributed by atoms with Gasteiger partial charge in [0.2, 0.25) is 0 Å². The quantitative estimate of drug-likeness (QED) is 0.910. The van der Waals surface area contributed by atoms with E-state index < -0.39 is 5.60 Å². The number of aryl methyl sites for hydroxylation is 1. The minimum Gasteiger partial charge on any atom is -0.384 e. The van der Waals surface area contributed by atoms with Crippen LogP contribution in [0.25, 0.3) is 0 Å². The number of aliphatic hydroxyl groups is 1. The Morgan fingerprint density at radius 2 is 1.71 bits per heavy atom. The Kier molecular flexibility index (Phi) is 4.66. The van der Waals surface area contributed by atoms with Gasteiger partial charge in [0, 0.05) is 10.6 Å². The van der Waals surface area contributed by atoms with Crippen molar-refractivity contribution in [3.63, 3.8) is 0 Å². The van der Waals surface area contributed by atoms with E-state index >= 15 is 0 Å². The van der Waals surface area contributed by atoms with Crippen LogP contribution in [0.4, 0.5) is 0 Å². The van der Waals surface area contributed by atoms with Gasteiger partial charge in [-0.05, 0) is 43.7 Å². The Bertz CT molecular complexity index is 618. The van der Waals surface area contributed by atoms with Crippen LogP contribution in [0.5, 0.6) is 0 Å². The second kappa shape index (κ2) is 6.29. The van der Waals surface area contributed by atoms with Gasteiger partial charge in [-0.25, -0.2) is 0 Å². The molecule has 2 aromatic carbocycles. The van der Waals surface area contributed by atoms with Gasteiger partial charge in [-0.15, -0.1) is 0 Å². The van der Waals surface area contributed by atoms with Crippen LogP contribution in [0.1, 0.15) is 28.4 Å². The van der Waals surface area contributed by atoms with Crippen molar-refractivity contribution in [3.05, 3.63) is 70.2 Å². The van der Waals surface area contributed by atoms with Crippen LogP contribution in [0.15, 0.2) is 48.5 Å². The van der Waals surface area contributed by atoms with Crippen LogP contribution in [0.2, 0.25) is 5.02 Å². The minimum absolute atomic E-state index is 0.126. The molecule has 3 nitrogen and oxygen atoms in total. The lowest BCUT2D eigenvalue weighted by molar-refractivity contribution is 0.0526. The largest absolute Gasteiger partial charge is 0.384 e. The molecule has 0 aromatic heterocycles. The van der Waals surface area contributed by atoms with Crippen LogP contribution in [-0.4, -0.2) is 17.6 Å². The molecule has 0 radical (unpaired) electrons. The van der Waals surface area contributed by atoms with Gasteiger partial charge >= 0.3 is 0 Å². The molecule has 0 aliphatic carbocycles. The standard InChI is InChI=1S/C17H18ClNO2/c1-12-3-5-13(6-4-12)16(20)19-11-17(2,21)14-7-9-15(18)10-8-14/h3-10,21H,11H2,1-2H3,(H,19,20). The maximum absolute atomic E-state index is 12.0. The van der Waals surface area contributed by atoms with Crippen molar-refractivity contribution in [2.45, 2.75) is 19.4 Å². The van der Waals surface area contributed by atoms with E-state index in [0.29, 0.717) is 16.1 Å². The molecule has 1 unspecified atom stereocenters. The number of rotatable bonds is 4. The van der Waals surface area contributed by atoms with Gasteiger partial charge in [0.15, 0.2) is 0 Å². The zero-order valence-electron chi connectivity index (χ0n) is 12.1. The summed E-state index contributed by atoms with van der Waals surface area (Å²) in [4.78, 5) is 12.0. The number of hydrogen-bond acceptors (Lipinski definition) is 2. The molecule has 21 heavy (non-hydrogen) atoms. The molecule has 2 rings (SSSR count). The third-order valence-corrected chi connectivity index (χ3v) is 3.63. The molecule has 0 saturated carbocycles. The van der Waals surface area contributed by atoms with Gasteiger partial charge in [-0.1, -0.05) is 41.4 Å². The van der Waals surface area contributed by atoms with Crippen molar-refractivity contribution >= 4 is 17.5 Å². The van der Waals surface area contributed by atoms with Gasteiger partial charge < -0.3 is 10.4 Å². The Morgan fingerprint density at radius 3 is 2.29 bits per heavy atom. The van der Waals surface area contributed by atoms with E-state index in [-0.39, 0.29) is 12.5 Å². The molecule has 0 bridgehead atoms. The molecule has 0 spiro atoms. The van der Waals surface area contributed by atoms with Crippen LogP contribution in [0, 0.1) is 6.92 Å². The molecule has 2 aromatic rings. The molecule has 0 saturated heterocycles. The minimum atomic E-state index is -1.15. The average molecular weight is 304 g/mol. The van der Waals surface area contributed by atoms with E-state index in [1.54, 1.807) is 43.3 Å². The van der Waals surface area contributed by atoms with Crippen molar-refractivity contribution in [1.82, 2.24) is 5.32 Å². The number of carbonyl (C=O) groups excluding carboxylic acids is 1. The van der Waals surface area contributed by atoms with Crippen molar-refractivity contribution < 1.29 is 9.90 Å². The summed E-state index contributed by atoms with van der Waals surface area (Å²) >= 11 is 5.83. The zero-order valence-corrected chi connectivity index (χ0v) is 12.8. The predicted molar refractivity (Wildman–Crippen MR) is 84.5 cm³/mol. The van der Waals surface area contributed by atoms with E-state index in [4.69, 9.17) is 11.6 Å². The Hall–Kier alpha value is -1.84. The van der Waals surface area contributed by atoms with Crippen molar-refractivity contribution in [3.8, 4) is 0 Å². The molecule has 0 aliphatic rings. The fourth-order valence-electron chi connectivity index (χ4n) is 1.97. The zero-order chi connectivity index (χ0) is 15.5. The summed E-state index contributed by atoms with van der Waals surface area (Å²) in [6.45, 7) is 3.75. The average Bonchev–Trinajstić information content (AvgIpc) is 2.46. The molecular weight excluding hydrogens is 286 g/mol. The maximum atomic E-state index is 12.0. The molecule has 4 heteroatoms. The lowest BCUT2D eigenvalue weighted by Gasteiger charge is -2.24. The third-order valence-electron chi connectivity index (χ3n) is 3.37.